The monoisotopic (exact) mass is 253 g/mol. The maximum Gasteiger partial charge on any atom is 0.324 e. The second kappa shape index (κ2) is 5.34. The van der Waals surface area contributed by atoms with Gasteiger partial charge in [0, 0.05) is 25.2 Å². The second-order valence-corrected chi connectivity index (χ2v) is 4.48. The highest BCUT2D eigenvalue weighted by atomic mass is 16.5. The zero-order valence-electron chi connectivity index (χ0n) is 11.2. The summed E-state index contributed by atoms with van der Waals surface area (Å²) in [5.41, 5.74) is 0. The zero-order valence-corrected chi connectivity index (χ0v) is 11.2. The molecule has 7 heteroatoms. The summed E-state index contributed by atoms with van der Waals surface area (Å²) >= 11 is 0. The standard InChI is InChI=1S/C11H19N5O2/c1-7-5-16(6-8(2)12-7)9-13-10(17-3)15-11(14-9)18-4/h7-8,12H,5-6H2,1-4H3. The van der Waals surface area contributed by atoms with Crippen molar-refractivity contribution in [3.05, 3.63) is 0 Å². The van der Waals surface area contributed by atoms with Gasteiger partial charge in [0.15, 0.2) is 0 Å². The van der Waals surface area contributed by atoms with Gasteiger partial charge in [0.25, 0.3) is 0 Å². The number of nitrogens with zero attached hydrogens (tertiary/aromatic N) is 4. The molecule has 1 saturated heterocycles. The van der Waals surface area contributed by atoms with Crippen molar-refractivity contribution in [1.82, 2.24) is 20.3 Å². The number of ether oxygens (including phenoxy) is 2. The minimum absolute atomic E-state index is 0.274. The summed E-state index contributed by atoms with van der Waals surface area (Å²) in [5.74, 6) is 0.596. The number of anilines is 1. The molecule has 2 unspecified atom stereocenters. The molecule has 2 atom stereocenters. The van der Waals surface area contributed by atoms with Gasteiger partial charge in [0.2, 0.25) is 5.95 Å². The molecule has 1 aromatic heterocycles. The lowest BCUT2D eigenvalue weighted by Crippen LogP contribution is -2.54. The van der Waals surface area contributed by atoms with Crippen LogP contribution < -0.4 is 19.7 Å². The summed E-state index contributed by atoms with van der Waals surface area (Å²) < 4.78 is 10.1. The SMILES string of the molecule is COc1nc(OC)nc(N2CC(C)NC(C)C2)n1. The van der Waals surface area contributed by atoms with Gasteiger partial charge in [-0.1, -0.05) is 0 Å². The smallest absolute Gasteiger partial charge is 0.324 e. The van der Waals surface area contributed by atoms with E-state index in [0.717, 1.165) is 13.1 Å². The maximum absolute atomic E-state index is 5.06. The van der Waals surface area contributed by atoms with E-state index in [1.807, 2.05) is 0 Å². The summed E-state index contributed by atoms with van der Waals surface area (Å²) in [4.78, 5) is 14.6. The molecule has 2 rings (SSSR count). The topological polar surface area (TPSA) is 72.4 Å². The lowest BCUT2D eigenvalue weighted by Gasteiger charge is -2.36. The van der Waals surface area contributed by atoms with Crippen molar-refractivity contribution in [1.29, 1.82) is 0 Å². The Kier molecular flexibility index (Phi) is 3.81. The van der Waals surface area contributed by atoms with Crippen LogP contribution in [0.4, 0.5) is 5.95 Å². The van der Waals surface area contributed by atoms with Gasteiger partial charge in [-0.25, -0.2) is 0 Å². The third-order valence-electron chi connectivity index (χ3n) is 2.79. The molecule has 0 aromatic carbocycles. The number of hydrogen-bond donors (Lipinski definition) is 1. The average molecular weight is 253 g/mol. The third-order valence-corrected chi connectivity index (χ3v) is 2.79. The number of nitrogens with one attached hydrogen (secondary N) is 1. The molecule has 0 radical (unpaired) electrons. The fourth-order valence-electron chi connectivity index (χ4n) is 2.14. The largest absolute Gasteiger partial charge is 0.467 e. The maximum atomic E-state index is 5.06. The molecule has 1 N–H and O–H groups in total. The van der Waals surface area contributed by atoms with Crippen LogP contribution in [0.2, 0.25) is 0 Å². The Bertz CT molecular complexity index is 382. The Morgan fingerprint density at radius 3 is 1.94 bits per heavy atom. The van der Waals surface area contributed by atoms with Crippen molar-refractivity contribution in [2.45, 2.75) is 25.9 Å². The minimum Gasteiger partial charge on any atom is -0.467 e. The van der Waals surface area contributed by atoms with Crippen molar-refractivity contribution in [2.24, 2.45) is 0 Å². The normalized spacial score (nSPS) is 23.9. The van der Waals surface area contributed by atoms with Crippen LogP contribution >= 0.6 is 0 Å². The summed E-state index contributed by atoms with van der Waals surface area (Å²) in [6, 6.07) is 1.33. The lowest BCUT2D eigenvalue weighted by atomic mass is 10.1. The van der Waals surface area contributed by atoms with Crippen molar-refractivity contribution in [2.75, 3.05) is 32.2 Å². The molecule has 0 spiro atoms. The van der Waals surface area contributed by atoms with Crippen LogP contribution in [0, 0.1) is 0 Å². The number of rotatable bonds is 3. The van der Waals surface area contributed by atoms with Gasteiger partial charge in [-0.3, -0.25) is 0 Å². The van der Waals surface area contributed by atoms with Gasteiger partial charge in [-0.15, -0.1) is 4.98 Å². The van der Waals surface area contributed by atoms with E-state index in [9.17, 15) is 0 Å². The van der Waals surface area contributed by atoms with E-state index in [1.54, 1.807) is 0 Å². The van der Waals surface area contributed by atoms with Gasteiger partial charge in [0.05, 0.1) is 14.2 Å². The quantitative estimate of drug-likeness (QED) is 0.817. The fourth-order valence-corrected chi connectivity index (χ4v) is 2.14. The van der Waals surface area contributed by atoms with Crippen molar-refractivity contribution < 1.29 is 9.47 Å². The van der Waals surface area contributed by atoms with Gasteiger partial charge in [-0.2, -0.15) is 9.97 Å². The average Bonchev–Trinajstić information content (AvgIpc) is 2.37. The second-order valence-electron chi connectivity index (χ2n) is 4.48. The Labute approximate surface area is 107 Å². The van der Waals surface area contributed by atoms with Crippen LogP contribution in [-0.2, 0) is 0 Å². The van der Waals surface area contributed by atoms with E-state index in [1.165, 1.54) is 14.2 Å². The predicted octanol–water partition coefficient (Wildman–Crippen LogP) is 0.0754. The molecule has 1 aliphatic rings. The first-order chi connectivity index (χ1) is 8.62. The zero-order chi connectivity index (χ0) is 13.1. The molecule has 0 saturated carbocycles. The van der Waals surface area contributed by atoms with E-state index in [0.29, 0.717) is 18.0 Å². The molecular formula is C11H19N5O2. The molecule has 0 aliphatic carbocycles. The van der Waals surface area contributed by atoms with E-state index in [-0.39, 0.29) is 12.0 Å². The first-order valence-corrected chi connectivity index (χ1v) is 5.97. The summed E-state index contributed by atoms with van der Waals surface area (Å²) in [5, 5.41) is 3.46. The number of methoxy groups -OCH3 is 2. The molecule has 1 fully saturated rings. The lowest BCUT2D eigenvalue weighted by molar-refractivity contribution is 0.336. The minimum atomic E-state index is 0.274. The van der Waals surface area contributed by atoms with Crippen LogP contribution in [0.3, 0.4) is 0 Å². The van der Waals surface area contributed by atoms with Crippen LogP contribution in [-0.4, -0.2) is 54.3 Å². The molecule has 7 nitrogen and oxygen atoms in total. The molecule has 0 amide bonds. The molecule has 100 valence electrons. The molecule has 1 aliphatic heterocycles. The van der Waals surface area contributed by atoms with E-state index < -0.39 is 0 Å². The van der Waals surface area contributed by atoms with Crippen LogP contribution in [0.25, 0.3) is 0 Å². The third kappa shape index (κ3) is 2.79. The number of aromatic nitrogens is 3. The van der Waals surface area contributed by atoms with Crippen molar-refractivity contribution in [3.63, 3.8) is 0 Å². The van der Waals surface area contributed by atoms with Crippen LogP contribution in [0.15, 0.2) is 0 Å². The van der Waals surface area contributed by atoms with Crippen molar-refractivity contribution in [3.8, 4) is 12.0 Å². The van der Waals surface area contributed by atoms with E-state index in [4.69, 9.17) is 9.47 Å². The number of hydrogen-bond acceptors (Lipinski definition) is 7. The summed E-state index contributed by atoms with van der Waals surface area (Å²) in [6.07, 6.45) is 0. The van der Waals surface area contributed by atoms with Crippen LogP contribution in [0.5, 0.6) is 12.0 Å². The molecule has 2 heterocycles. The highest BCUT2D eigenvalue weighted by molar-refractivity contribution is 5.33. The number of piperazine rings is 1. The van der Waals surface area contributed by atoms with Gasteiger partial charge < -0.3 is 19.7 Å². The van der Waals surface area contributed by atoms with Gasteiger partial charge in [-0.05, 0) is 13.8 Å². The fraction of sp³-hybridized carbons (Fsp3) is 0.727. The molecule has 18 heavy (non-hydrogen) atoms. The Morgan fingerprint density at radius 1 is 1.00 bits per heavy atom. The first-order valence-electron chi connectivity index (χ1n) is 5.97. The highest BCUT2D eigenvalue weighted by Gasteiger charge is 2.24. The first kappa shape index (κ1) is 12.8. The summed E-state index contributed by atoms with van der Waals surface area (Å²) in [7, 11) is 3.06. The van der Waals surface area contributed by atoms with Crippen LogP contribution in [0.1, 0.15) is 13.8 Å². The Morgan fingerprint density at radius 2 is 1.50 bits per heavy atom. The highest BCUT2D eigenvalue weighted by Crippen LogP contribution is 2.18. The molecular weight excluding hydrogens is 234 g/mol. The van der Waals surface area contributed by atoms with E-state index >= 15 is 0 Å². The summed E-state index contributed by atoms with van der Waals surface area (Å²) in [6.45, 7) is 5.97. The van der Waals surface area contributed by atoms with Gasteiger partial charge >= 0.3 is 12.0 Å². The van der Waals surface area contributed by atoms with Gasteiger partial charge in [0.1, 0.15) is 0 Å². The van der Waals surface area contributed by atoms with E-state index in [2.05, 4.69) is 39.0 Å². The Hall–Kier alpha value is -1.63. The Balaban J connectivity index is 2.25. The molecule has 0 bridgehead atoms. The molecule has 1 aromatic rings. The van der Waals surface area contributed by atoms with Crippen molar-refractivity contribution >= 4 is 5.95 Å². The predicted molar refractivity (Wildman–Crippen MR) is 67.2 cm³/mol.